The maximum Gasteiger partial charge on any atom is 0.339 e. The lowest BCUT2D eigenvalue weighted by molar-refractivity contribution is -0.385. The van der Waals surface area contributed by atoms with Crippen molar-refractivity contribution < 1.29 is 30.7 Å². The summed E-state index contributed by atoms with van der Waals surface area (Å²) in [5.74, 6) is -1.18. The Morgan fingerprint density at radius 2 is 1.55 bits per heavy atom. The van der Waals surface area contributed by atoms with Gasteiger partial charge in [0.25, 0.3) is 5.91 Å². The zero-order valence-electron chi connectivity index (χ0n) is 23.7. The summed E-state index contributed by atoms with van der Waals surface area (Å²) in [5, 5.41) is 14.5. The highest BCUT2D eigenvalue weighted by Crippen LogP contribution is 2.41. The van der Waals surface area contributed by atoms with Gasteiger partial charge >= 0.3 is 15.8 Å². The van der Waals surface area contributed by atoms with Crippen molar-refractivity contribution in [1.82, 2.24) is 0 Å². The minimum Gasteiger partial charge on any atom is -0.372 e. The number of anilines is 1. The summed E-state index contributed by atoms with van der Waals surface area (Å²) in [4.78, 5) is 24.7. The van der Waals surface area contributed by atoms with E-state index in [2.05, 4.69) is 5.32 Å². The van der Waals surface area contributed by atoms with Crippen LogP contribution in [0.4, 0.5) is 11.4 Å². The summed E-state index contributed by atoms with van der Waals surface area (Å²) in [6.45, 7) is 5.50. The summed E-state index contributed by atoms with van der Waals surface area (Å²) in [6, 6.07) is 19.6. The monoisotopic (exact) mass is 650 g/mol. The van der Waals surface area contributed by atoms with Crippen LogP contribution in [-0.2, 0) is 30.5 Å². The quantitative estimate of drug-likeness (QED) is 0.0996. The predicted molar refractivity (Wildman–Crippen MR) is 168 cm³/mol. The van der Waals surface area contributed by atoms with Crippen molar-refractivity contribution in [3.63, 3.8) is 0 Å². The van der Waals surface area contributed by atoms with Crippen LogP contribution in [0.25, 0.3) is 6.08 Å². The summed E-state index contributed by atoms with van der Waals surface area (Å²) in [7, 11) is -8.05. The van der Waals surface area contributed by atoms with Gasteiger partial charge in [-0.2, -0.15) is 8.42 Å². The van der Waals surface area contributed by atoms with E-state index in [1.165, 1.54) is 36.4 Å². The van der Waals surface area contributed by atoms with E-state index in [-0.39, 0.29) is 26.0 Å². The third-order valence-corrected chi connectivity index (χ3v) is 11.0. The Bertz CT molecular complexity index is 2050. The van der Waals surface area contributed by atoms with E-state index in [4.69, 9.17) is 4.18 Å². The van der Waals surface area contributed by atoms with Gasteiger partial charge < -0.3 is 9.50 Å². The highest BCUT2D eigenvalue weighted by molar-refractivity contribution is 8.04. The molecule has 1 N–H and O–H groups in total. The van der Waals surface area contributed by atoms with E-state index in [1.54, 1.807) is 25.1 Å². The van der Waals surface area contributed by atoms with Crippen molar-refractivity contribution in [1.29, 1.82) is 0 Å². The van der Waals surface area contributed by atoms with Gasteiger partial charge in [-0.25, -0.2) is 8.42 Å². The molecule has 0 unspecified atom stereocenters. The van der Waals surface area contributed by atoms with Crippen molar-refractivity contribution in [2.45, 2.75) is 41.2 Å². The molecule has 13 heteroatoms. The van der Waals surface area contributed by atoms with Crippen LogP contribution in [0.5, 0.6) is 5.75 Å². The first-order valence-corrected chi connectivity index (χ1v) is 17.0. The normalized spacial score (nSPS) is 14.2. The van der Waals surface area contributed by atoms with Gasteiger partial charge in [0.05, 0.1) is 26.2 Å². The molecule has 5 rings (SSSR count). The zero-order chi connectivity index (χ0) is 31.8. The van der Waals surface area contributed by atoms with Gasteiger partial charge in [0.15, 0.2) is 9.84 Å². The lowest BCUT2D eigenvalue weighted by Crippen LogP contribution is -2.18. The maximum absolute atomic E-state index is 13.2. The molecular weight excluding hydrogens is 625 g/mol. The molecule has 4 aromatic carbocycles. The number of sulfone groups is 1. The zero-order valence-corrected chi connectivity index (χ0v) is 26.2. The molecular formula is C31H26N2O8S3. The molecule has 0 saturated heterocycles. The topological polar surface area (TPSA) is 150 Å². The summed E-state index contributed by atoms with van der Waals surface area (Å²) >= 11 is 1.07. The van der Waals surface area contributed by atoms with Crippen LogP contribution in [0.2, 0.25) is 0 Å². The first kappa shape index (κ1) is 31.0. The molecule has 0 bridgehead atoms. The van der Waals surface area contributed by atoms with E-state index in [0.717, 1.165) is 46.1 Å². The molecule has 44 heavy (non-hydrogen) atoms. The number of nitro groups is 1. The average molecular weight is 651 g/mol. The number of amides is 1. The fourth-order valence-electron chi connectivity index (χ4n) is 4.54. The van der Waals surface area contributed by atoms with Crippen molar-refractivity contribution >= 4 is 55.1 Å². The third kappa shape index (κ3) is 6.54. The first-order valence-electron chi connectivity index (χ1n) is 13.2. The van der Waals surface area contributed by atoms with Gasteiger partial charge in [0.1, 0.15) is 4.90 Å². The number of rotatable bonds is 8. The van der Waals surface area contributed by atoms with Crippen LogP contribution in [0.3, 0.4) is 0 Å². The smallest absolute Gasteiger partial charge is 0.339 e. The molecule has 0 aliphatic carbocycles. The number of carbonyl (C=O) groups excluding carboxylic acids is 1. The first-order chi connectivity index (χ1) is 20.7. The standard InChI is InChI=1S/C31H26N2O8S3/c1-19-7-10-23(11-8-19)44(39,40)41-28-13-9-22(15-27(28)33(35)36)16-30-31(34)32-26-17-24(12-14-29(26)42-30)43(37,38)18-25-20(2)5-4-6-21(25)3/h4-17H,18H2,1-3H3,(H,32,34). The van der Waals surface area contributed by atoms with Crippen LogP contribution in [0.15, 0.2) is 98.5 Å². The Morgan fingerprint density at radius 3 is 2.20 bits per heavy atom. The number of fused-ring (bicyclic) bond motifs is 1. The number of nitrogens with zero attached hydrogens (tertiary/aromatic N) is 1. The Labute approximate surface area is 259 Å². The second-order valence-corrected chi connectivity index (χ2v) is 14.8. The van der Waals surface area contributed by atoms with Gasteiger partial charge in [-0.05, 0) is 85.5 Å². The molecule has 4 aromatic rings. The molecule has 1 aliphatic heterocycles. The Hall–Kier alpha value is -4.46. The second-order valence-electron chi connectivity index (χ2n) is 10.2. The fourth-order valence-corrected chi connectivity index (χ4v) is 7.99. The molecule has 10 nitrogen and oxygen atoms in total. The van der Waals surface area contributed by atoms with Gasteiger partial charge in [-0.1, -0.05) is 53.7 Å². The average Bonchev–Trinajstić information content (AvgIpc) is 2.96. The van der Waals surface area contributed by atoms with Gasteiger partial charge in [-0.15, -0.1) is 0 Å². The molecule has 0 fully saturated rings. The van der Waals surface area contributed by atoms with Crippen LogP contribution < -0.4 is 9.50 Å². The van der Waals surface area contributed by atoms with E-state index in [1.807, 2.05) is 32.0 Å². The number of nitro benzene ring substituents is 1. The fraction of sp³-hybridized carbons (Fsp3) is 0.129. The van der Waals surface area contributed by atoms with Crippen molar-refractivity contribution in [3.05, 3.63) is 122 Å². The molecule has 1 aliphatic rings. The predicted octanol–water partition coefficient (Wildman–Crippen LogP) is 6.35. The van der Waals surface area contributed by atoms with Gasteiger partial charge in [0, 0.05) is 11.0 Å². The van der Waals surface area contributed by atoms with Crippen molar-refractivity contribution in [2.24, 2.45) is 0 Å². The Balaban J connectivity index is 1.39. The molecule has 0 spiro atoms. The second kappa shape index (κ2) is 11.9. The Morgan fingerprint density at radius 1 is 0.886 bits per heavy atom. The minimum absolute atomic E-state index is 0.0686. The molecule has 0 atom stereocenters. The minimum atomic E-state index is -4.34. The van der Waals surface area contributed by atoms with Gasteiger partial charge in [-0.3, -0.25) is 14.9 Å². The summed E-state index contributed by atoms with van der Waals surface area (Å²) < 4.78 is 57.0. The van der Waals surface area contributed by atoms with Crippen molar-refractivity contribution in [2.75, 3.05) is 5.32 Å². The van der Waals surface area contributed by atoms with E-state index in [9.17, 15) is 31.7 Å². The number of thioether (sulfide) groups is 1. The highest BCUT2D eigenvalue weighted by atomic mass is 32.2. The Kier molecular flexibility index (Phi) is 8.38. The molecule has 0 aromatic heterocycles. The SMILES string of the molecule is Cc1ccc(S(=O)(=O)Oc2ccc(C=C3Sc4ccc(S(=O)(=O)Cc5c(C)cccc5C)cc4NC3=O)cc2[N+](=O)[O-])cc1. The molecule has 226 valence electrons. The number of nitrogens with one attached hydrogen (secondary N) is 1. The molecule has 0 radical (unpaired) electrons. The van der Waals surface area contributed by atoms with Crippen molar-refractivity contribution in [3.8, 4) is 5.75 Å². The molecule has 1 heterocycles. The summed E-state index contributed by atoms with van der Waals surface area (Å²) in [5.41, 5.74) is 3.29. The number of carbonyl (C=O) groups is 1. The van der Waals surface area contributed by atoms with Crippen LogP contribution in [0, 0.1) is 30.9 Å². The maximum atomic E-state index is 13.2. The van der Waals surface area contributed by atoms with Crippen LogP contribution in [-0.4, -0.2) is 27.7 Å². The number of hydrogen-bond acceptors (Lipinski definition) is 9. The number of benzene rings is 4. The van der Waals surface area contributed by atoms with E-state index < -0.39 is 42.2 Å². The lowest BCUT2D eigenvalue weighted by Gasteiger charge is -2.20. The van der Waals surface area contributed by atoms with E-state index >= 15 is 0 Å². The molecule has 0 saturated carbocycles. The lowest BCUT2D eigenvalue weighted by atomic mass is 10.1. The van der Waals surface area contributed by atoms with E-state index in [0.29, 0.717) is 10.6 Å². The number of aryl methyl sites for hydroxylation is 3. The van der Waals surface area contributed by atoms with Gasteiger partial charge in [0.2, 0.25) is 5.75 Å². The van der Waals surface area contributed by atoms with Crippen LogP contribution >= 0.6 is 11.8 Å². The largest absolute Gasteiger partial charge is 0.372 e. The third-order valence-electron chi connectivity index (χ3n) is 6.97. The number of hydrogen-bond donors (Lipinski definition) is 1. The summed E-state index contributed by atoms with van der Waals surface area (Å²) in [6.07, 6.45) is 1.42. The highest BCUT2D eigenvalue weighted by Gasteiger charge is 2.27. The molecule has 1 amide bonds. The van der Waals surface area contributed by atoms with Crippen LogP contribution in [0.1, 0.15) is 27.8 Å².